The first-order valence-corrected chi connectivity index (χ1v) is 5.99. The van der Waals surface area contributed by atoms with Crippen molar-refractivity contribution >= 4 is 22.4 Å². The lowest BCUT2D eigenvalue weighted by atomic mass is 10.1. The fourth-order valence-corrected chi connectivity index (χ4v) is 2.42. The van der Waals surface area contributed by atoms with E-state index >= 15 is 0 Å². The minimum atomic E-state index is -0.513. The van der Waals surface area contributed by atoms with Crippen molar-refractivity contribution in [3.05, 3.63) is 22.2 Å². The lowest BCUT2D eigenvalue weighted by Gasteiger charge is -2.31. The van der Waals surface area contributed by atoms with Crippen molar-refractivity contribution in [2.45, 2.75) is 18.9 Å². The zero-order valence-electron chi connectivity index (χ0n) is 10.0. The SMILES string of the molecule is O=[N+]([O-])c1ccc(N2CCCC(O)C2)c2nonc12. The van der Waals surface area contributed by atoms with E-state index in [-0.39, 0.29) is 17.3 Å². The van der Waals surface area contributed by atoms with Crippen LogP contribution in [0, 0.1) is 10.1 Å². The maximum Gasteiger partial charge on any atom is 0.300 e. The minimum absolute atomic E-state index is 0.127. The molecule has 1 fully saturated rings. The molecule has 100 valence electrons. The molecule has 1 aromatic carbocycles. The van der Waals surface area contributed by atoms with Gasteiger partial charge in [0.2, 0.25) is 5.52 Å². The van der Waals surface area contributed by atoms with Crippen molar-refractivity contribution in [2.24, 2.45) is 0 Å². The molecule has 1 atom stereocenters. The molecule has 8 heteroatoms. The number of non-ortho nitro benzene ring substituents is 1. The predicted molar refractivity (Wildman–Crippen MR) is 65.9 cm³/mol. The number of β-amino-alcohol motifs (C(OH)–C–C–N with tert-alkyl or cyclic N) is 1. The van der Waals surface area contributed by atoms with Crippen LogP contribution in [0.5, 0.6) is 0 Å². The first kappa shape index (κ1) is 11.8. The summed E-state index contributed by atoms with van der Waals surface area (Å²) in [6.45, 7) is 1.26. The zero-order chi connectivity index (χ0) is 13.4. The molecule has 0 aliphatic carbocycles. The molecule has 0 radical (unpaired) electrons. The lowest BCUT2D eigenvalue weighted by Crippen LogP contribution is -2.38. The average molecular weight is 264 g/mol. The highest BCUT2D eigenvalue weighted by atomic mass is 16.6. The summed E-state index contributed by atoms with van der Waals surface area (Å²) in [5.41, 5.74) is 1.09. The monoisotopic (exact) mass is 264 g/mol. The van der Waals surface area contributed by atoms with Crippen LogP contribution in [-0.4, -0.2) is 39.5 Å². The van der Waals surface area contributed by atoms with Crippen LogP contribution in [0.15, 0.2) is 16.8 Å². The number of nitro benzene ring substituents is 1. The highest BCUT2D eigenvalue weighted by molar-refractivity contribution is 5.93. The van der Waals surface area contributed by atoms with Gasteiger partial charge in [-0.1, -0.05) is 0 Å². The molecule has 1 N–H and O–H groups in total. The van der Waals surface area contributed by atoms with Crippen molar-refractivity contribution < 1.29 is 14.7 Å². The van der Waals surface area contributed by atoms with Gasteiger partial charge in [-0.05, 0) is 29.2 Å². The maximum atomic E-state index is 10.9. The number of nitro groups is 1. The van der Waals surface area contributed by atoms with E-state index in [4.69, 9.17) is 0 Å². The molecule has 0 saturated carbocycles. The first-order valence-electron chi connectivity index (χ1n) is 5.99. The van der Waals surface area contributed by atoms with Crippen LogP contribution in [0.1, 0.15) is 12.8 Å². The van der Waals surface area contributed by atoms with E-state index in [1.807, 2.05) is 4.90 Å². The number of fused-ring (bicyclic) bond motifs is 1. The van der Waals surface area contributed by atoms with Crippen LogP contribution in [0.2, 0.25) is 0 Å². The number of aliphatic hydroxyl groups excluding tert-OH is 1. The molecule has 3 rings (SSSR count). The molecule has 2 heterocycles. The molecule has 19 heavy (non-hydrogen) atoms. The van der Waals surface area contributed by atoms with Crippen LogP contribution >= 0.6 is 0 Å². The van der Waals surface area contributed by atoms with Gasteiger partial charge in [-0.15, -0.1) is 0 Å². The number of nitrogens with zero attached hydrogens (tertiary/aromatic N) is 4. The molecule has 1 saturated heterocycles. The van der Waals surface area contributed by atoms with Gasteiger partial charge in [0, 0.05) is 19.2 Å². The van der Waals surface area contributed by atoms with E-state index in [0.29, 0.717) is 17.7 Å². The van der Waals surface area contributed by atoms with Crippen LogP contribution in [0.4, 0.5) is 11.4 Å². The number of aliphatic hydroxyl groups is 1. The minimum Gasteiger partial charge on any atom is -0.391 e. The van der Waals surface area contributed by atoms with Crippen molar-refractivity contribution in [3.8, 4) is 0 Å². The van der Waals surface area contributed by atoms with Crippen LogP contribution in [0.3, 0.4) is 0 Å². The number of hydrogen-bond acceptors (Lipinski definition) is 7. The van der Waals surface area contributed by atoms with Gasteiger partial charge >= 0.3 is 5.69 Å². The maximum absolute atomic E-state index is 10.9. The van der Waals surface area contributed by atoms with Gasteiger partial charge in [0.05, 0.1) is 16.7 Å². The number of anilines is 1. The Morgan fingerprint density at radius 2 is 2.21 bits per heavy atom. The topological polar surface area (TPSA) is 106 Å². The van der Waals surface area contributed by atoms with Gasteiger partial charge in [0.25, 0.3) is 0 Å². The summed E-state index contributed by atoms with van der Waals surface area (Å²) in [4.78, 5) is 12.3. The van der Waals surface area contributed by atoms with Crippen LogP contribution in [0.25, 0.3) is 11.0 Å². The lowest BCUT2D eigenvalue weighted by molar-refractivity contribution is -0.383. The predicted octanol–water partition coefficient (Wildman–Crippen LogP) is 1.09. The van der Waals surface area contributed by atoms with E-state index in [1.54, 1.807) is 6.07 Å². The molecular formula is C11H12N4O4. The van der Waals surface area contributed by atoms with Crippen LogP contribution in [-0.2, 0) is 0 Å². The second kappa shape index (κ2) is 4.47. The zero-order valence-corrected chi connectivity index (χ0v) is 10.0. The van der Waals surface area contributed by atoms with E-state index < -0.39 is 4.92 Å². The van der Waals surface area contributed by atoms with Crippen molar-refractivity contribution in [2.75, 3.05) is 18.0 Å². The smallest absolute Gasteiger partial charge is 0.300 e. The summed E-state index contributed by atoms with van der Waals surface area (Å²) in [5.74, 6) is 0. The molecule has 2 aromatic rings. The normalized spacial score (nSPS) is 19.8. The van der Waals surface area contributed by atoms with Crippen molar-refractivity contribution in [1.29, 1.82) is 0 Å². The Morgan fingerprint density at radius 1 is 1.42 bits per heavy atom. The highest BCUT2D eigenvalue weighted by Gasteiger charge is 2.25. The summed E-state index contributed by atoms with van der Waals surface area (Å²) in [5, 5.41) is 27.9. The number of hydrogen-bond donors (Lipinski definition) is 1. The molecule has 1 aromatic heterocycles. The third-order valence-corrected chi connectivity index (χ3v) is 3.31. The highest BCUT2D eigenvalue weighted by Crippen LogP contribution is 2.32. The summed E-state index contributed by atoms with van der Waals surface area (Å²) in [7, 11) is 0. The van der Waals surface area contributed by atoms with E-state index in [9.17, 15) is 15.2 Å². The van der Waals surface area contributed by atoms with Gasteiger partial charge in [-0.25, -0.2) is 4.63 Å². The molecular weight excluding hydrogens is 252 g/mol. The van der Waals surface area contributed by atoms with Gasteiger partial charge < -0.3 is 10.0 Å². The molecule has 0 amide bonds. The first-order chi connectivity index (χ1) is 9.16. The third-order valence-electron chi connectivity index (χ3n) is 3.31. The Morgan fingerprint density at radius 3 is 2.95 bits per heavy atom. The molecule has 0 spiro atoms. The summed E-state index contributed by atoms with van der Waals surface area (Å²) in [6, 6.07) is 3.02. The van der Waals surface area contributed by atoms with Gasteiger partial charge in [0.1, 0.15) is 0 Å². The molecule has 1 aliphatic heterocycles. The Balaban J connectivity index is 2.07. The summed E-state index contributed by atoms with van der Waals surface area (Å²) in [6.07, 6.45) is 1.24. The Kier molecular flexibility index (Phi) is 2.79. The van der Waals surface area contributed by atoms with Gasteiger partial charge in [-0.2, -0.15) is 0 Å². The Labute approximate surface area is 107 Å². The van der Waals surface area contributed by atoms with Crippen molar-refractivity contribution in [3.63, 3.8) is 0 Å². The fourth-order valence-electron chi connectivity index (χ4n) is 2.42. The van der Waals surface area contributed by atoms with E-state index in [2.05, 4.69) is 14.9 Å². The molecule has 0 bridgehead atoms. The number of benzene rings is 1. The Hall–Kier alpha value is -2.22. The standard InChI is InChI=1S/C11H12N4O4/c16-7-2-1-5-14(6-7)8-3-4-9(15(17)18)11-10(8)12-19-13-11/h3-4,7,16H,1-2,5-6H2. The third kappa shape index (κ3) is 1.99. The Bertz CT molecular complexity index is 626. The van der Waals surface area contributed by atoms with Gasteiger partial charge in [0.15, 0.2) is 5.52 Å². The second-order valence-electron chi connectivity index (χ2n) is 4.56. The van der Waals surface area contributed by atoms with E-state index in [1.165, 1.54) is 6.07 Å². The largest absolute Gasteiger partial charge is 0.391 e. The number of aromatic nitrogens is 2. The number of rotatable bonds is 2. The fraction of sp³-hybridized carbons (Fsp3) is 0.455. The second-order valence-corrected chi connectivity index (χ2v) is 4.56. The van der Waals surface area contributed by atoms with Crippen LogP contribution < -0.4 is 4.90 Å². The number of piperidine rings is 1. The average Bonchev–Trinajstić information content (AvgIpc) is 2.86. The quantitative estimate of drug-likeness (QED) is 0.639. The molecule has 8 nitrogen and oxygen atoms in total. The summed E-state index contributed by atoms with van der Waals surface area (Å²) < 4.78 is 4.62. The van der Waals surface area contributed by atoms with E-state index in [0.717, 1.165) is 19.4 Å². The molecule has 1 unspecified atom stereocenters. The summed E-state index contributed by atoms with van der Waals surface area (Å²) >= 11 is 0. The molecule has 1 aliphatic rings. The van der Waals surface area contributed by atoms with Crippen molar-refractivity contribution in [1.82, 2.24) is 10.3 Å². The van der Waals surface area contributed by atoms with Gasteiger partial charge in [-0.3, -0.25) is 10.1 Å².